The number of hydrogen-bond acceptors (Lipinski definition) is 5. The lowest BCUT2D eigenvalue weighted by Crippen LogP contribution is -2.28. The molecule has 0 bridgehead atoms. The van der Waals surface area contributed by atoms with Crippen LogP contribution < -0.4 is 10.6 Å². The van der Waals surface area contributed by atoms with Crippen LogP contribution in [0.25, 0.3) is 10.4 Å². The Hall–Kier alpha value is -2.71. The number of rotatable bonds is 6. The van der Waals surface area contributed by atoms with Gasteiger partial charge in [0, 0.05) is 30.2 Å². The third-order valence-electron chi connectivity index (χ3n) is 4.07. The Kier molecular flexibility index (Phi) is 6.43. The van der Waals surface area contributed by atoms with E-state index in [1.165, 1.54) is 11.3 Å². The molecule has 28 heavy (non-hydrogen) atoms. The summed E-state index contributed by atoms with van der Waals surface area (Å²) in [6.45, 7) is 4.62. The van der Waals surface area contributed by atoms with E-state index in [0.717, 1.165) is 21.7 Å². The summed E-state index contributed by atoms with van der Waals surface area (Å²) in [6.07, 6.45) is 1.95. The third kappa shape index (κ3) is 4.76. The van der Waals surface area contributed by atoms with Gasteiger partial charge in [-0.25, -0.2) is 4.79 Å². The molecular weight excluding hydrogens is 392 g/mol. The van der Waals surface area contributed by atoms with Crippen molar-refractivity contribution in [1.82, 2.24) is 15.1 Å². The molecule has 3 rings (SSSR count). The molecule has 0 fully saturated rings. The minimum absolute atomic E-state index is 0.317. The van der Waals surface area contributed by atoms with E-state index in [1.54, 1.807) is 11.6 Å². The molecule has 0 aliphatic heterocycles. The molecule has 0 amide bonds. The van der Waals surface area contributed by atoms with E-state index >= 15 is 0 Å². The maximum Gasteiger partial charge on any atom is 0.341 e. The van der Waals surface area contributed by atoms with Gasteiger partial charge in [0.1, 0.15) is 5.00 Å². The zero-order chi connectivity index (χ0) is 20.1. The highest BCUT2D eigenvalue weighted by molar-refractivity contribution is 7.80. The van der Waals surface area contributed by atoms with E-state index in [0.29, 0.717) is 28.8 Å². The van der Waals surface area contributed by atoms with Crippen LogP contribution in [0.4, 0.5) is 5.00 Å². The molecule has 2 N–H and O–H groups in total. The predicted molar refractivity (Wildman–Crippen MR) is 117 cm³/mol. The number of nitrogens with zero attached hydrogens (tertiary/aromatic N) is 2. The number of benzene rings is 1. The monoisotopic (exact) mass is 414 g/mol. The highest BCUT2D eigenvalue weighted by Crippen LogP contribution is 2.35. The molecule has 0 radical (unpaired) electrons. The number of hydrogen-bond donors (Lipinski definition) is 2. The van der Waals surface area contributed by atoms with Crippen LogP contribution in [-0.2, 0) is 18.3 Å². The van der Waals surface area contributed by atoms with Gasteiger partial charge in [0.25, 0.3) is 0 Å². The van der Waals surface area contributed by atoms with Crippen molar-refractivity contribution < 1.29 is 9.53 Å². The molecule has 0 saturated heterocycles. The number of ether oxygens (including phenoxy) is 1. The van der Waals surface area contributed by atoms with Gasteiger partial charge in [-0.1, -0.05) is 30.3 Å². The van der Waals surface area contributed by atoms with Crippen LogP contribution >= 0.6 is 23.6 Å². The molecule has 0 atom stereocenters. The fourth-order valence-electron chi connectivity index (χ4n) is 2.73. The summed E-state index contributed by atoms with van der Waals surface area (Å²) in [7, 11) is 1.88. The topological polar surface area (TPSA) is 68.2 Å². The first-order chi connectivity index (χ1) is 13.5. The number of nitrogens with one attached hydrogen (secondary N) is 2. The first-order valence-electron chi connectivity index (χ1n) is 8.88. The second-order valence-corrected chi connectivity index (χ2v) is 7.62. The molecule has 0 aliphatic rings. The zero-order valence-corrected chi connectivity index (χ0v) is 17.6. The van der Waals surface area contributed by atoms with Crippen molar-refractivity contribution in [3.8, 4) is 10.4 Å². The van der Waals surface area contributed by atoms with Crippen molar-refractivity contribution in [2.75, 3.05) is 11.9 Å². The summed E-state index contributed by atoms with van der Waals surface area (Å²) in [4.78, 5) is 13.4. The quantitative estimate of drug-likeness (QED) is 0.467. The fourth-order valence-corrected chi connectivity index (χ4v) is 4.03. The lowest BCUT2D eigenvalue weighted by Gasteiger charge is -2.10. The Morgan fingerprint density at radius 3 is 2.71 bits per heavy atom. The Bertz CT molecular complexity index is 980. The second kappa shape index (κ2) is 8.99. The Morgan fingerprint density at radius 1 is 1.32 bits per heavy atom. The van der Waals surface area contributed by atoms with E-state index in [4.69, 9.17) is 17.0 Å². The Balaban J connectivity index is 1.77. The van der Waals surface area contributed by atoms with Gasteiger partial charge in [-0.3, -0.25) is 4.68 Å². The largest absolute Gasteiger partial charge is 0.462 e. The average molecular weight is 415 g/mol. The van der Waals surface area contributed by atoms with Crippen LogP contribution in [0, 0.1) is 6.92 Å². The van der Waals surface area contributed by atoms with Crippen molar-refractivity contribution in [1.29, 1.82) is 0 Å². The van der Waals surface area contributed by atoms with Gasteiger partial charge < -0.3 is 15.4 Å². The minimum Gasteiger partial charge on any atom is -0.462 e. The summed E-state index contributed by atoms with van der Waals surface area (Å²) in [5.74, 6) is -0.366. The summed E-state index contributed by atoms with van der Waals surface area (Å²) in [5, 5.41) is 11.7. The van der Waals surface area contributed by atoms with Crippen LogP contribution in [-0.4, -0.2) is 27.5 Å². The first kappa shape index (κ1) is 20.0. The van der Waals surface area contributed by atoms with Crippen LogP contribution in [0.3, 0.4) is 0 Å². The molecule has 6 nitrogen and oxygen atoms in total. The van der Waals surface area contributed by atoms with Gasteiger partial charge in [-0.15, -0.1) is 11.3 Å². The van der Waals surface area contributed by atoms with Crippen molar-refractivity contribution in [2.45, 2.75) is 20.4 Å². The van der Waals surface area contributed by atoms with E-state index in [-0.39, 0.29) is 5.97 Å². The van der Waals surface area contributed by atoms with Gasteiger partial charge in [-0.2, -0.15) is 5.10 Å². The number of aryl methyl sites for hydroxylation is 2. The fraction of sp³-hybridized carbons (Fsp3) is 0.250. The highest BCUT2D eigenvalue weighted by Gasteiger charge is 2.19. The maximum atomic E-state index is 12.4. The van der Waals surface area contributed by atoms with Crippen LogP contribution in [0.5, 0.6) is 0 Å². The molecule has 0 unspecified atom stereocenters. The Labute approximate surface area is 173 Å². The average Bonchev–Trinajstić information content (AvgIpc) is 3.23. The standard InChI is InChI=1S/C20H22N4O2S2/c1-4-26-19(25)16-10-17(14-8-6-5-7-9-14)28-18(16)22-20(27)21-11-15-12-24(3)23-13(15)2/h5-10,12H,4,11H2,1-3H3,(H2,21,22,27). The maximum absolute atomic E-state index is 12.4. The molecule has 0 saturated carbocycles. The molecule has 146 valence electrons. The lowest BCUT2D eigenvalue weighted by atomic mass is 10.1. The molecular formula is C20H22N4O2S2. The summed E-state index contributed by atoms with van der Waals surface area (Å²) in [6, 6.07) is 11.7. The van der Waals surface area contributed by atoms with Crippen molar-refractivity contribution in [2.24, 2.45) is 7.05 Å². The number of aromatic nitrogens is 2. The number of carbonyl (C=O) groups excluding carboxylic acids is 1. The summed E-state index contributed by atoms with van der Waals surface area (Å²) >= 11 is 6.90. The minimum atomic E-state index is -0.366. The normalized spacial score (nSPS) is 10.5. The number of anilines is 1. The van der Waals surface area contributed by atoms with Crippen LogP contribution in [0.15, 0.2) is 42.6 Å². The highest BCUT2D eigenvalue weighted by atomic mass is 32.1. The molecule has 3 aromatic rings. The first-order valence-corrected chi connectivity index (χ1v) is 10.1. The SMILES string of the molecule is CCOC(=O)c1cc(-c2ccccc2)sc1NC(=S)NCc1cn(C)nc1C. The van der Waals surface area contributed by atoms with Crippen molar-refractivity contribution in [3.05, 3.63) is 59.4 Å². The Morgan fingerprint density at radius 2 is 2.07 bits per heavy atom. The van der Waals surface area contributed by atoms with E-state index in [2.05, 4.69) is 15.7 Å². The number of carbonyl (C=O) groups is 1. The predicted octanol–water partition coefficient (Wildman–Crippen LogP) is 4.12. The van der Waals surface area contributed by atoms with E-state index in [9.17, 15) is 4.79 Å². The van der Waals surface area contributed by atoms with Gasteiger partial charge in [0.2, 0.25) is 0 Å². The van der Waals surface area contributed by atoms with Gasteiger partial charge >= 0.3 is 5.97 Å². The van der Waals surface area contributed by atoms with E-state index in [1.807, 2.05) is 56.6 Å². The van der Waals surface area contributed by atoms with Gasteiger partial charge in [0.15, 0.2) is 5.11 Å². The molecule has 2 aromatic heterocycles. The molecule has 0 aliphatic carbocycles. The lowest BCUT2D eigenvalue weighted by molar-refractivity contribution is 0.0528. The molecule has 1 aromatic carbocycles. The zero-order valence-electron chi connectivity index (χ0n) is 16.0. The van der Waals surface area contributed by atoms with E-state index < -0.39 is 0 Å². The second-order valence-electron chi connectivity index (χ2n) is 6.16. The van der Waals surface area contributed by atoms with Crippen molar-refractivity contribution in [3.63, 3.8) is 0 Å². The van der Waals surface area contributed by atoms with Crippen LogP contribution in [0.1, 0.15) is 28.5 Å². The number of thiocarbonyl (C=S) groups is 1. The summed E-state index contributed by atoms with van der Waals surface area (Å²) < 4.78 is 6.97. The van der Waals surface area contributed by atoms with Crippen molar-refractivity contribution >= 4 is 39.6 Å². The number of esters is 1. The number of thiophene rings is 1. The molecule has 2 heterocycles. The third-order valence-corrected chi connectivity index (χ3v) is 5.41. The molecule has 0 spiro atoms. The summed E-state index contributed by atoms with van der Waals surface area (Å²) in [5.41, 5.74) is 3.53. The molecule has 8 heteroatoms. The smallest absolute Gasteiger partial charge is 0.341 e. The van der Waals surface area contributed by atoms with Crippen LogP contribution in [0.2, 0.25) is 0 Å². The van der Waals surface area contributed by atoms with Gasteiger partial charge in [-0.05, 0) is 37.7 Å². The van der Waals surface area contributed by atoms with Gasteiger partial charge in [0.05, 0.1) is 17.9 Å².